The summed E-state index contributed by atoms with van der Waals surface area (Å²) in [7, 11) is 0. The molecule has 26 heavy (non-hydrogen) atoms. The van der Waals surface area contributed by atoms with Crippen LogP contribution in [-0.2, 0) is 4.79 Å². The molecule has 0 radical (unpaired) electrons. The minimum absolute atomic E-state index is 0. The summed E-state index contributed by atoms with van der Waals surface area (Å²) >= 11 is 3.62. The fourth-order valence-corrected chi connectivity index (χ4v) is 5.07. The van der Waals surface area contributed by atoms with Gasteiger partial charge >= 0.3 is 0 Å². The highest BCUT2D eigenvalue weighted by Gasteiger charge is 2.25. The Bertz CT molecular complexity index is 717. The van der Waals surface area contributed by atoms with E-state index >= 15 is 0 Å². The third-order valence-corrected chi connectivity index (χ3v) is 6.61. The molecule has 2 saturated heterocycles. The summed E-state index contributed by atoms with van der Waals surface area (Å²) in [6.45, 7) is 4.23. The number of rotatable bonds is 3. The minimum atomic E-state index is 0. The maximum atomic E-state index is 12.5. The second-order valence-corrected chi connectivity index (χ2v) is 8.20. The number of hydrogen-bond donors (Lipinski definition) is 1. The zero-order valence-corrected chi connectivity index (χ0v) is 17.6. The van der Waals surface area contributed by atoms with Crippen molar-refractivity contribution in [1.29, 1.82) is 0 Å². The van der Waals surface area contributed by atoms with Crippen LogP contribution in [0.1, 0.15) is 6.42 Å². The van der Waals surface area contributed by atoms with Gasteiger partial charge in [0.15, 0.2) is 0 Å². The molecule has 2 aromatic heterocycles. The van der Waals surface area contributed by atoms with Crippen molar-refractivity contribution in [2.24, 2.45) is 0 Å². The van der Waals surface area contributed by atoms with Crippen LogP contribution in [0.15, 0.2) is 17.8 Å². The molecule has 2 fully saturated rings. The minimum Gasteiger partial charge on any atom is -0.352 e. The molecule has 4 rings (SSSR count). The maximum Gasteiger partial charge on any atom is 0.224 e. The highest BCUT2D eigenvalue weighted by Crippen LogP contribution is 2.28. The van der Waals surface area contributed by atoms with Crippen molar-refractivity contribution in [2.45, 2.75) is 12.5 Å². The Morgan fingerprint density at radius 2 is 2.04 bits per heavy atom. The molecule has 0 bridgehead atoms. The summed E-state index contributed by atoms with van der Waals surface area (Å²) in [5.74, 6) is 3.48. The summed E-state index contributed by atoms with van der Waals surface area (Å²) in [4.78, 5) is 25.6. The van der Waals surface area contributed by atoms with E-state index in [0.29, 0.717) is 12.5 Å². The number of amides is 1. The number of hydrogen-bond acceptors (Lipinski definition) is 7. The molecular formula is C16H23Cl2N5OS2. The predicted molar refractivity (Wildman–Crippen MR) is 114 cm³/mol. The second kappa shape index (κ2) is 9.94. The van der Waals surface area contributed by atoms with Gasteiger partial charge in [-0.25, -0.2) is 9.97 Å². The molecule has 1 amide bonds. The molecule has 0 spiro atoms. The lowest BCUT2D eigenvalue weighted by molar-refractivity contribution is -0.131. The number of carbonyl (C=O) groups excluding carboxylic acids is 1. The molecule has 144 valence electrons. The first kappa shape index (κ1) is 21.5. The van der Waals surface area contributed by atoms with Crippen molar-refractivity contribution in [2.75, 3.05) is 49.1 Å². The average Bonchev–Trinajstić information content (AvgIpc) is 3.11. The lowest BCUT2D eigenvalue weighted by Crippen LogP contribution is -2.51. The lowest BCUT2D eigenvalue weighted by atomic mass is 10.2. The zero-order chi connectivity index (χ0) is 16.4. The Labute approximate surface area is 173 Å². The highest BCUT2D eigenvalue weighted by molar-refractivity contribution is 7.99. The number of carbonyl (C=O) groups is 1. The first-order valence-corrected chi connectivity index (χ1v) is 10.4. The third-order valence-electron chi connectivity index (χ3n) is 4.58. The Hall–Kier alpha value is -0.800. The van der Waals surface area contributed by atoms with E-state index in [0.717, 1.165) is 60.3 Å². The number of thioether (sulfide) groups is 1. The number of anilines is 1. The molecule has 1 N–H and O–H groups in total. The number of nitrogens with one attached hydrogen (secondary N) is 1. The first-order valence-electron chi connectivity index (χ1n) is 8.33. The Morgan fingerprint density at radius 1 is 1.23 bits per heavy atom. The van der Waals surface area contributed by atoms with Crippen molar-refractivity contribution < 1.29 is 4.79 Å². The Morgan fingerprint density at radius 3 is 2.77 bits per heavy atom. The average molecular weight is 436 g/mol. The van der Waals surface area contributed by atoms with E-state index in [2.05, 4.69) is 25.6 Å². The number of fused-ring (bicyclic) bond motifs is 1. The van der Waals surface area contributed by atoms with Crippen molar-refractivity contribution in [1.82, 2.24) is 20.2 Å². The molecule has 2 aromatic rings. The maximum absolute atomic E-state index is 12.5. The van der Waals surface area contributed by atoms with E-state index in [-0.39, 0.29) is 30.7 Å². The van der Waals surface area contributed by atoms with Crippen LogP contribution < -0.4 is 10.2 Å². The van der Waals surface area contributed by atoms with Gasteiger partial charge in [0.2, 0.25) is 5.91 Å². The highest BCUT2D eigenvalue weighted by atomic mass is 35.5. The van der Waals surface area contributed by atoms with E-state index in [1.54, 1.807) is 17.7 Å². The standard InChI is InChI=1S/C16H21N5OS2.2ClH/c22-14(9-12-10-23-8-2-17-12)20-3-5-21(6-4-20)16-15-13(1-7-24-15)18-11-19-16;;/h1,7,11-12,17H,2-6,8-10H2;2*1H. The number of nitrogens with zero attached hydrogens (tertiary/aromatic N) is 4. The summed E-state index contributed by atoms with van der Waals surface area (Å²) in [5, 5.41) is 5.50. The molecule has 0 aliphatic carbocycles. The van der Waals surface area contributed by atoms with Gasteiger partial charge in [-0.2, -0.15) is 11.8 Å². The van der Waals surface area contributed by atoms with Gasteiger partial charge in [0.05, 0.1) is 10.2 Å². The van der Waals surface area contributed by atoms with Crippen LogP contribution in [0.5, 0.6) is 0 Å². The van der Waals surface area contributed by atoms with Crippen LogP contribution in [0.25, 0.3) is 10.2 Å². The van der Waals surface area contributed by atoms with E-state index < -0.39 is 0 Å². The van der Waals surface area contributed by atoms with Gasteiger partial charge in [-0.15, -0.1) is 36.2 Å². The number of piperazine rings is 1. The molecule has 1 atom stereocenters. The monoisotopic (exact) mass is 435 g/mol. The summed E-state index contributed by atoms with van der Waals surface area (Å²) in [6.07, 6.45) is 2.25. The predicted octanol–water partition coefficient (Wildman–Crippen LogP) is 2.28. The SMILES string of the molecule is Cl.Cl.O=C(CC1CSCCN1)N1CCN(c2ncnc3ccsc23)CC1. The van der Waals surface area contributed by atoms with E-state index in [9.17, 15) is 4.79 Å². The molecular weight excluding hydrogens is 413 g/mol. The van der Waals surface area contributed by atoms with Gasteiger partial charge in [-0.3, -0.25) is 4.79 Å². The third kappa shape index (κ3) is 4.72. The van der Waals surface area contributed by atoms with Gasteiger partial charge < -0.3 is 15.1 Å². The van der Waals surface area contributed by atoms with Gasteiger partial charge in [-0.1, -0.05) is 0 Å². The van der Waals surface area contributed by atoms with E-state index in [1.807, 2.05) is 22.7 Å². The number of aromatic nitrogens is 2. The van der Waals surface area contributed by atoms with Crippen LogP contribution in [0.4, 0.5) is 5.82 Å². The molecule has 10 heteroatoms. The molecule has 1 unspecified atom stereocenters. The fourth-order valence-electron chi connectivity index (χ4n) is 3.26. The lowest BCUT2D eigenvalue weighted by Gasteiger charge is -2.36. The van der Waals surface area contributed by atoms with Gasteiger partial charge in [-0.05, 0) is 11.4 Å². The summed E-state index contributed by atoms with van der Waals surface area (Å²) < 4.78 is 1.14. The zero-order valence-electron chi connectivity index (χ0n) is 14.3. The van der Waals surface area contributed by atoms with Crippen LogP contribution in [0.2, 0.25) is 0 Å². The molecule has 2 aliphatic heterocycles. The van der Waals surface area contributed by atoms with Crippen LogP contribution in [0, 0.1) is 0 Å². The Balaban J connectivity index is 0.00000121. The van der Waals surface area contributed by atoms with Crippen LogP contribution >= 0.6 is 47.9 Å². The smallest absolute Gasteiger partial charge is 0.224 e. The van der Waals surface area contributed by atoms with E-state index in [4.69, 9.17) is 0 Å². The van der Waals surface area contributed by atoms with Crippen molar-refractivity contribution in [3.8, 4) is 0 Å². The van der Waals surface area contributed by atoms with Crippen molar-refractivity contribution in [3.63, 3.8) is 0 Å². The topological polar surface area (TPSA) is 61.4 Å². The molecule has 0 aromatic carbocycles. The number of thiophene rings is 1. The molecule has 0 saturated carbocycles. The van der Waals surface area contributed by atoms with Gasteiger partial charge in [0, 0.05) is 56.7 Å². The number of halogens is 2. The molecule has 6 nitrogen and oxygen atoms in total. The second-order valence-electron chi connectivity index (χ2n) is 6.13. The fraction of sp³-hybridized carbons (Fsp3) is 0.562. The summed E-state index contributed by atoms with van der Waals surface area (Å²) in [5.41, 5.74) is 1.00. The van der Waals surface area contributed by atoms with Crippen LogP contribution in [0.3, 0.4) is 0 Å². The largest absolute Gasteiger partial charge is 0.352 e. The van der Waals surface area contributed by atoms with Crippen molar-refractivity contribution >= 4 is 69.9 Å². The quantitative estimate of drug-likeness (QED) is 0.797. The molecule has 2 aliphatic rings. The molecule has 4 heterocycles. The normalized spacial score (nSPS) is 20.4. The van der Waals surface area contributed by atoms with E-state index in [1.165, 1.54) is 0 Å². The first-order chi connectivity index (χ1) is 11.8. The van der Waals surface area contributed by atoms with Crippen molar-refractivity contribution in [3.05, 3.63) is 17.8 Å². The van der Waals surface area contributed by atoms with Gasteiger partial charge in [0.25, 0.3) is 0 Å². The van der Waals surface area contributed by atoms with Crippen LogP contribution in [-0.4, -0.2) is 71.0 Å². The summed E-state index contributed by atoms with van der Waals surface area (Å²) in [6, 6.07) is 2.36. The Kier molecular flexibility index (Phi) is 8.22. The van der Waals surface area contributed by atoms with Gasteiger partial charge in [0.1, 0.15) is 12.1 Å².